The molecule has 0 atom stereocenters. The fourth-order valence-electron chi connectivity index (χ4n) is 1.95. The van der Waals surface area contributed by atoms with Crippen LogP contribution in [-0.2, 0) is 23.1 Å². The van der Waals surface area contributed by atoms with Crippen LogP contribution in [0.15, 0.2) is 53.4 Å². The van der Waals surface area contributed by atoms with Crippen molar-refractivity contribution in [3.8, 4) is 0 Å². The van der Waals surface area contributed by atoms with Gasteiger partial charge in [0.25, 0.3) is 0 Å². The van der Waals surface area contributed by atoms with E-state index in [1.165, 1.54) is 4.31 Å². The number of halogens is 1. The number of sulfonamides is 1. The Bertz CT molecular complexity index is 715. The van der Waals surface area contributed by atoms with Crippen LogP contribution < -0.4 is 5.73 Å². The SMILES string of the molecule is CN(Cc1cccc(Cl)c1)S(=O)(=O)c1ccc(CN)cc1. The zero-order chi connectivity index (χ0) is 15.5. The number of rotatable bonds is 5. The third kappa shape index (κ3) is 3.83. The average Bonchev–Trinajstić information content (AvgIpc) is 2.47. The van der Waals surface area contributed by atoms with Gasteiger partial charge in [-0.05, 0) is 35.4 Å². The Morgan fingerprint density at radius 3 is 2.33 bits per heavy atom. The van der Waals surface area contributed by atoms with Crippen LogP contribution in [0.1, 0.15) is 11.1 Å². The Morgan fingerprint density at radius 1 is 1.10 bits per heavy atom. The van der Waals surface area contributed by atoms with Crippen LogP contribution >= 0.6 is 11.6 Å². The number of hydrogen-bond donors (Lipinski definition) is 1. The highest BCUT2D eigenvalue weighted by molar-refractivity contribution is 7.89. The molecule has 2 aromatic carbocycles. The second kappa shape index (κ2) is 6.58. The van der Waals surface area contributed by atoms with Crippen molar-refractivity contribution < 1.29 is 8.42 Å². The van der Waals surface area contributed by atoms with Crippen LogP contribution in [0.2, 0.25) is 5.02 Å². The lowest BCUT2D eigenvalue weighted by Gasteiger charge is -2.17. The van der Waals surface area contributed by atoms with Crippen LogP contribution in [0.25, 0.3) is 0 Å². The first kappa shape index (κ1) is 16.0. The molecule has 21 heavy (non-hydrogen) atoms. The summed E-state index contributed by atoms with van der Waals surface area (Å²) in [4.78, 5) is 0.254. The zero-order valence-electron chi connectivity index (χ0n) is 11.7. The number of nitrogens with two attached hydrogens (primary N) is 1. The first-order valence-corrected chi connectivity index (χ1v) is 8.25. The Labute approximate surface area is 130 Å². The summed E-state index contributed by atoms with van der Waals surface area (Å²) in [5.74, 6) is 0. The van der Waals surface area contributed by atoms with Crippen molar-refractivity contribution in [1.82, 2.24) is 4.31 Å². The van der Waals surface area contributed by atoms with Gasteiger partial charge in [0.15, 0.2) is 0 Å². The largest absolute Gasteiger partial charge is 0.326 e. The summed E-state index contributed by atoms with van der Waals surface area (Å²) in [5, 5.41) is 0.589. The van der Waals surface area contributed by atoms with E-state index in [-0.39, 0.29) is 11.4 Å². The van der Waals surface area contributed by atoms with Gasteiger partial charge in [-0.15, -0.1) is 0 Å². The smallest absolute Gasteiger partial charge is 0.243 e. The zero-order valence-corrected chi connectivity index (χ0v) is 13.2. The van der Waals surface area contributed by atoms with Gasteiger partial charge in [-0.3, -0.25) is 0 Å². The summed E-state index contributed by atoms with van der Waals surface area (Å²) in [7, 11) is -1.98. The lowest BCUT2D eigenvalue weighted by atomic mass is 10.2. The molecule has 2 rings (SSSR count). The minimum Gasteiger partial charge on any atom is -0.326 e. The van der Waals surface area contributed by atoms with Gasteiger partial charge >= 0.3 is 0 Å². The van der Waals surface area contributed by atoms with Crippen molar-refractivity contribution in [3.63, 3.8) is 0 Å². The summed E-state index contributed by atoms with van der Waals surface area (Å²) in [5.41, 5.74) is 7.25. The summed E-state index contributed by atoms with van der Waals surface area (Å²) < 4.78 is 26.3. The van der Waals surface area contributed by atoms with Crippen LogP contribution in [0.5, 0.6) is 0 Å². The molecule has 0 radical (unpaired) electrons. The van der Waals surface area contributed by atoms with Gasteiger partial charge in [-0.25, -0.2) is 8.42 Å². The van der Waals surface area contributed by atoms with E-state index in [2.05, 4.69) is 0 Å². The van der Waals surface area contributed by atoms with E-state index in [0.29, 0.717) is 11.6 Å². The van der Waals surface area contributed by atoms with Gasteiger partial charge in [0.05, 0.1) is 4.90 Å². The molecule has 0 aliphatic rings. The summed E-state index contributed by atoms with van der Waals surface area (Å²) in [6, 6.07) is 13.7. The second-order valence-electron chi connectivity index (χ2n) is 4.74. The Kier molecular flexibility index (Phi) is 5.00. The fraction of sp³-hybridized carbons (Fsp3) is 0.200. The highest BCUT2D eigenvalue weighted by atomic mass is 35.5. The van der Waals surface area contributed by atoms with Crippen LogP contribution in [0, 0.1) is 0 Å². The van der Waals surface area contributed by atoms with Gasteiger partial charge in [-0.1, -0.05) is 35.9 Å². The molecule has 0 fully saturated rings. The summed E-state index contributed by atoms with van der Waals surface area (Å²) >= 11 is 5.91. The monoisotopic (exact) mass is 324 g/mol. The average molecular weight is 325 g/mol. The maximum atomic E-state index is 12.5. The standard InChI is InChI=1S/C15H17ClN2O2S/c1-18(11-13-3-2-4-14(16)9-13)21(19,20)15-7-5-12(10-17)6-8-15/h2-9H,10-11,17H2,1H3. The highest BCUT2D eigenvalue weighted by Crippen LogP contribution is 2.19. The maximum Gasteiger partial charge on any atom is 0.243 e. The maximum absolute atomic E-state index is 12.5. The Balaban J connectivity index is 2.21. The predicted molar refractivity (Wildman–Crippen MR) is 84.4 cm³/mol. The van der Waals surface area contributed by atoms with Gasteiger partial charge in [-0.2, -0.15) is 4.31 Å². The minimum absolute atomic E-state index is 0.254. The van der Waals surface area contributed by atoms with Crippen LogP contribution in [0.3, 0.4) is 0 Å². The van der Waals surface area contributed by atoms with Gasteiger partial charge < -0.3 is 5.73 Å². The first-order valence-electron chi connectivity index (χ1n) is 6.43. The third-order valence-electron chi connectivity index (χ3n) is 3.16. The first-order chi connectivity index (χ1) is 9.93. The molecule has 0 heterocycles. The molecule has 0 aliphatic heterocycles. The molecule has 0 aliphatic carbocycles. The molecular weight excluding hydrogens is 308 g/mol. The van der Waals surface area contributed by atoms with E-state index in [1.807, 2.05) is 6.07 Å². The van der Waals surface area contributed by atoms with E-state index in [0.717, 1.165) is 11.1 Å². The highest BCUT2D eigenvalue weighted by Gasteiger charge is 2.20. The molecular formula is C15H17ClN2O2S. The lowest BCUT2D eigenvalue weighted by molar-refractivity contribution is 0.466. The molecule has 112 valence electrons. The Hall–Kier alpha value is -1.40. The predicted octanol–water partition coefficient (Wildman–Crippen LogP) is 2.62. The summed E-state index contributed by atoms with van der Waals surface area (Å²) in [6.45, 7) is 0.653. The number of nitrogens with zero attached hydrogens (tertiary/aromatic N) is 1. The normalized spacial score (nSPS) is 11.8. The van der Waals surface area contributed by atoms with Gasteiger partial charge in [0.1, 0.15) is 0 Å². The molecule has 0 bridgehead atoms. The van der Waals surface area contributed by atoms with Crippen LogP contribution in [-0.4, -0.2) is 19.8 Å². The molecule has 0 amide bonds. The fourth-order valence-corrected chi connectivity index (χ4v) is 3.33. The van der Waals surface area contributed by atoms with E-state index < -0.39 is 10.0 Å². The van der Waals surface area contributed by atoms with Crippen molar-refractivity contribution in [2.45, 2.75) is 18.0 Å². The molecule has 2 aromatic rings. The lowest BCUT2D eigenvalue weighted by Crippen LogP contribution is -2.26. The molecule has 2 N–H and O–H groups in total. The molecule has 0 saturated heterocycles. The van der Waals surface area contributed by atoms with E-state index >= 15 is 0 Å². The summed E-state index contributed by atoms with van der Waals surface area (Å²) in [6.07, 6.45) is 0. The third-order valence-corrected chi connectivity index (χ3v) is 5.21. The van der Waals surface area contributed by atoms with Crippen LogP contribution in [0.4, 0.5) is 0 Å². The molecule has 4 nitrogen and oxygen atoms in total. The molecule has 0 aromatic heterocycles. The molecule has 6 heteroatoms. The van der Waals surface area contributed by atoms with Crippen molar-refractivity contribution in [3.05, 3.63) is 64.7 Å². The second-order valence-corrected chi connectivity index (χ2v) is 7.22. The molecule has 0 spiro atoms. The van der Waals surface area contributed by atoms with Crippen molar-refractivity contribution in [1.29, 1.82) is 0 Å². The van der Waals surface area contributed by atoms with Crippen molar-refractivity contribution in [2.75, 3.05) is 7.05 Å². The van der Waals surface area contributed by atoms with Crippen molar-refractivity contribution in [2.24, 2.45) is 5.73 Å². The number of benzene rings is 2. The van der Waals surface area contributed by atoms with Gasteiger partial charge in [0.2, 0.25) is 10.0 Å². The van der Waals surface area contributed by atoms with Crippen molar-refractivity contribution >= 4 is 21.6 Å². The molecule has 0 saturated carbocycles. The van der Waals surface area contributed by atoms with E-state index in [1.54, 1.807) is 49.5 Å². The number of hydrogen-bond acceptors (Lipinski definition) is 3. The van der Waals surface area contributed by atoms with Gasteiger partial charge in [0, 0.05) is 25.2 Å². The topological polar surface area (TPSA) is 63.4 Å². The quantitative estimate of drug-likeness (QED) is 0.919. The minimum atomic E-state index is -3.53. The van der Waals surface area contributed by atoms with E-state index in [4.69, 9.17) is 17.3 Å². The Morgan fingerprint density at radius 2 is 1.76 bits per heavy atom. The van der Waals surface area contributed by atoms with E-state index in [9.17, 15) is 8.42 Å². The molecule has 0 unspecified atom stereocenters.